The van der Waals surface area contributed by atoms with Crippen LogP contribution >= 0.6 is 12.6 Å². The van der Waals surface area contributed by atoms with Gasteiger partial charge in [0.25, 0.3) is 0 Å². The highest BCUT2D eigenvalue weighted by Crippen LogP contribution is 2.11. The lowest BCUT2D eigenvalue weighted by Gasteiger charge is -2.02. The standard InChI is InChI=1S/C14H29OS/c15-13-11-9-7-5-3-1-2-4-6-8-10-12-14-16/h15H,1-14H2. The Labute approximate surface area is 107 Å². The molecule has 0 bridgehead atoms. The first-order valence-corrected chi connectivity index (χ1v) is 7.68. The Balaban J connectivity index is 2.83. The Hall–Kier alpha value is 0.310. The summed E-state index contributed by atoms with van der Waals surface area (Å²) in [5, 5.41) is 8.62. The molecule has 1 radical (unpaired) electrons. The van der Waals surface area contributed by atoms with Gasteiger partial charge in [0.15, 0.2) is 0 Å². The molecule has 0 spiro atoms. The topological polar surface area (TPSA) is 20.2 Å². The van der Waals surface area contributed by atoms with Gasteiger partial charge in [-0.2, -0.15) is 0 Å². The molecule has 2 heteroatoms. The first kappa shape index (κ1) is 16.3. The number of rotatable bonds is 13. The molecule has 0 amide bonds. The minimum atomic E-state index is 0.365. The largest absolute Gasteiger partial charge is 0.396 e. The summed E-state index contributed by atoms with van der Waals surface area (Å²) in [4.78, 5) is 0. The fourth-order valence-corrected chi connectivity index (χ4v) is 2.19. The van der Waals surface area contributed by atoms with Crippen LogP contribution in [0.1, 0.15) is 77.0 Å². The van der Waals surface area contributed by atoms with E-state index < -0.39 is 0 Å². The van der Waals surface area contributed by atoms with Gasteiger partial charge in [0, 0.05) is 12.4 Å². The highest BCUT2D eigenvalue weighted by molar-refractivity contribution is 7.80. The molecule has 0 saturated carbocycles. The van der Waals surface area contributed by atoms with Gasteiger partial charge in [-0.25, -0.2) is 0 Å². The Morgan fingerprint density at radius 2 is 0.812 bits per heavy atom. The molecule has 0 aromatic heterocycles. The third-order valence-corrected chi connectivity index (χ3v) is 3.34. The monoisotopic (exact) mass is 245 g/mol. The first-order valence-electron chi connectivity index (χ1n) is 7.10. The fraction of sp³-hybridized carbons (Fsp3) is 1.00. The summed E-state index contributed by atoms with van der Waals surface area (Å²) in [7, 11) is 0. The van der Waals surface area contributed by atoms with Crippen LogP contribution in [0.15, 0.2) is 0 Å². The maximum Gasteiger partial charge on any atom is 0.0431 e. The van der Waals surface area contributed by atoms with Crippen LogP contribution in [0, 0.1) is 0 Å². The van der Waals surface area contributed by atoms with Gasteiger partial charge in [0.2, 0.25) is 0 Å². The minimum Gasteiger partial charge on any atom is -0.396 e. The summed E-state index contributed by atoms with van der Waals surface area (Å²) in [6.45, 7) is 0.365. The van der Waals surface area contributed by atoms with Gasteiger partial charge >= 0.3 is 0 Å². The predicted octanol–water partition coefficient (Wildman–Crippen LogP) is 4.86. The minimum absolute atomic E-state index is 0.365. The molecule has 1 N–H and O–H groups in total. The normalized spacial score (nSPS) is 10.9. The third kappa shape index (κ3) is 14.3. The van der Waals surface area contributed by atoms with E-state index in [0.717, 1.165) is 12.2 Å². The van der Waals surface area contributed by atoms with E-state index in [-0.39, 0.29) is 0 Å². The molecule has 0 aromatic rings. The molecule has 0 rings (SSSR count). The van der Waals surface area contributed by atoms with E-state index in [1.807, 2.05) is 0 Å². The number of aliphatic hydroxyl groups is 1. The Morgan fingerprint density at radius 3 is 1.12 bits per heavy atom. The number of aliphatic hydroxyl groups excluding tert-OH is 1. The molecule has 0 atom stereocenters. The summed E-state index contributed by atoms with van der Waals surface area (Å²) in [5.74, 6) is 0.938. The summed E-state index contributed by atoms with van der Waals surface area (Å²) in [6, 6.07) is 0. The van der Waals surface area contributed by atoms with Crippen LogP contribution in [0.4, 0.5) is 0 Å². The van der Waals surface area contributed by atoms with Crippen molar-refractivity contribution in [3.05, 3.63) is 0 Å². The molecule has 16 heavy (non-hydrogen) atoms. The van der Waals surface area contributed by atoms with Gasteiger partial charge < -0.3 is 5.11 Å². The van der Waals surface area contributed by atoms with Crippen LogP contribution < -0.4 is 0 Å². The van der Waals surface area contributed by atoms with Crippen molar-refractivity contribution in [2.45, 2.75) is 77.0 Å². The second-order valence-corrected chi connectivity index (χ2v) is 5.08. The lowest BCUT2D eigenvalue weighted by molar-refractivity contribution is 0.282. The Morgan fingerprint density at radius 1 is 0.500 bits per heavy atom. The zero-order valence-electron chi connectivity index (χ0n) is 10.8. The maximum atomic E-state index is 8.62. The van der Waals surface area contributed by atoms with Crippen molar-refractivity contribution in [3.63, 3.8) is 0 Å². The number of hydrogen-bond donors (Lipinski definition) is 1. The van der Waals surface area contributed by atoms with Gasteiger partial charge in [-0.15, -0.1) is 0 Å². The molecule has 0 aliphatic heterocycles. The Bertz CT molecular complexity index is 103. The molecule has 0 fully saturated rings. The molecule has 0 aliphatic carbocycles. The van der Waals surface area contributed by atoms with Crippen molar-refractivity contribution in [1.29, 1.82) is 0 Å². The van der Waals surface area contributed by atoms with Crippen LogP contribution in [0.25, 0.3) is 0 Å². The number of hydrogen-bond acceptors (Lipinski definition) is 1. The van der Waals surface area contributed by atoms with Crippen molar-refractivity contribution in [2.24, 2.45) is 0 Å². The molecule has 1 nitrogen and oxygen atoms in total. The van der Waals surface area contributed by atoms with Crippen molar-refractivity contribution in [1.82, 2.24) is 0 Å². The van der Waals surface area contributed by atoms with Crippen molar-refractivity contribution >= 4 is 12.6 Å². The van der Waals surface area contributed by atoms with Gasteiger partial charge in [0.1, 0.15) is 0 Å². The predicted molar refractivity (Wildman–Crippen MR) is 74.9 cm³/mol. The van der Waals surface area contributed by atoms with E-state index in [1.54, 1.807) is 0 Å². The quantitative estimate of drug-likeness (QED) is 0.460. The lowest BCUT2D eigenvalue weighted by atomic mass is 10.1. The second-order valence-electron chi connectivity index (χ2n) is 4.67. The molecule has 0 unspecified atom stereocenters. The van der Waals surface area contributed by atoms with Crippen molar-refractivity contribution in [3.8, 4) is 0 Å². The van der Waals surface area contributed by atoms with Crippen LogP contribution in [-0.4, -0.2) is 17.5 Å². The summed E-state index contributed by atoms with van der Waals surface area (Å²) < 4.78 is 0. The molecular weight excluding hydrogens is 216 g/mol. The zero-order chi connectivity index (χ0) is 11.9. The fourth-order valence-electron chi connectivity index (χ4n) is 1.98. The average Bonchev–Trinajstić information content (AvgIpc) is 2.31. The van der Waals surface area contributed by atoms with Crippen LogP contribution in [0.2, 0.25) is 0 Å². The van der Waals surface area contributed by atoms with Crippen LogP contribution in [-0.2, 0) is 0 Å². The summed E-state index contributed by atoms with van der Waals surface area (Å²) in [5.41, 5.74) is 0. The van der Waals surface area contributed by atoms with Crippen molar-refractivity contribution < 1.29 is 5.11 Å². The van der Waals surface area contributed by atoms with E-state index in [1.165, 1.54) is 70.6 Å². The molecular formula is C14H29OS. The van der Waals surface area contributed by atoms with E-state index in [2.05, 4.69) is 0 Å². The maximum absolute atomic E-state index is 8.62. The molecule has 0 aromatic carbocycles. The molecule has 97 valence electrons. The van der Waals surface area contributed by atoms with Gasteiger partial charge in [-0.1, -0.05) is 76.8 Å². The van der Waals surface area contributed by atoms with E-state index in [9.17, 15) is 0 Å². The highest BCUT2D eigenvalue weighted by atomic mass is 32.1. The molecule has 0 heterocycles. The van der Waals surface area contributed by atoms with Crippen LogP contribution in [0.3, 0.4) is 0 Å². The Kier molecular flexibility index (Phi) is 15.6. The van der Waals surface area contributed by atoms with E-state index in [0.29, 0.717) is 6.61 Å². The van der Waals surface area contributed by atoms with Gasteiger partial charge in [-0.05, 0) is 12.8 Å². The highest BCUT2D eigenvalue weighted by Gasteiger charge is 1.93. The molecule has 0 saturated heterocycles. The SMILES string of the molecule is OCCCCCCCCCCCCCC[S]. The van der Waals surface area contributed by atoms with E-state index in [4.69, 9.17) is 17.7 Å². The smallest absolute Gasteiger partial charge is 0.0431 e. The van der Waals surface area contributed by atoms with Crippen molar-refractivity contribution in [2.75, 3.05) is 12.4 Å². The lowest BCUT2D eigenvalue weighted by Crippen LogP contribution is -1.85. The average molecular weight is 245 g/mol. The van der Waals surface area contributed by atoms with Gasteiger partial charge in [-0.3, -0.25) is 0 Å². The van der Waals surface area contributed by atoms with Crippen LogP contribution in [0.5, 0.6) is 0 Å². The van der Waals surface area contributed by atoms with E-state index >= 15 is 0 Å². The third-order valence-electron chi connectivity index (χ3n) is 3.05. The first-order chi connectivity index (χ1) is 7.91. The summed E-state index contributed by atoms with van der Waals surface area (Å²) in [6.07, 6.45) is 15.8. The molecule has 0 aliphatic rings. The number of unbranched alkanes of at least 4 members (excludes halogenated alkanes) is 11. The zero-order valence-corrected chi connectivity index (χ0v) is 11.6. The van der Waals surface area contributed by atoms with Gasteiger partial charge in [0.05, 0.1) is 0 Å². The summed E-state index contributed by atoms with van der Waals surface area (Å²) >= 11 is 4.92. The second kappa shape index (κ2) is 15.3.